The smallest absolute Gasteiger partial charge is 0.269 e. The zero-order valence-electron chi connectivity index (χ0n) is 9.46. The molecule has 1 heterocycles. The van der Waals surface area contributed by atoms with Crippen LogP contribution in [0.4, 0.5) is 5.69 Å². The highest BCUT2D eigenvalue weighted by atomic mass is 35.5. The number of hydrogen-bond acceptors (Lipinski definition) is 4. The maximum Gasteiger partial charge on any atom is 0.269 e. The molecule has 0 aliphatic rings. The van der Waals surface area contributed by atoms with E-state index in [1.54, 1.807) is 25.1 Å². The first kappa shape index (κ1) is 12.3. The molecule has 92 valence electrons. The first-order chi connectivity index (χ1) is 8.56. The maximum atomic E-state index is 10.6. The zero-order chi connectivity index (χ0) is 13.1. The Morgan fingerprint density at radius 3 is 2.67 bits per heavy atom. The van der Waals surface area contributed by atoms with Crippen LogP contribution in [0, 0.1) is 17.0 Å². The van der Waals surface area contributed by atoms with Crippen molar-refractivity contribution >= 4 is 17.3 Å². The van der Waals surface area contributed by atoms with Crippen LogP contribution in [0.3, 0.4) is 0 Å². The van der Waals surface area contributed by atoms with Gasteiger partial charge in [-0.2, -0.15) is 0 Å². The van der Waals surface area contributed by atoms with Gasteiger partial charge in [0.2, 0.25) is 5.88 Å². The third kappa shape index (κ3) is 2.75. The summed E-state index contributed by atoms with van der Waals surface area (Å²) in [7, 11) is 0. The van der Waals surface area contributed by atoms with E-state index in [1.807, 2.05) is 0 Å². The molecule has 5 nitrogen and oxygen atoms in total. The number of rotatable bonds is 3. The van der Waals surface area contributed by atoms with Crippen molar-refractivity contribution in [3.63, 3.8) is 0 Å². The number of hydrogen-bond donors (Lipinski definition) is 0. The molecule has 2 rings (SSSR count). The third-order valence-corrected chi connectivity index (χ3v) is 2.51. The maximum absolute atomic E-state index is 10.6. The molecule has 0 fully saturated rings. The van der Waals surface area contributed by atoms with E-state index in [1.165, 1.54) is 18.3 Å². The monoisotopic (exact) mass is 264 g/mol. The topological polar surface area (TPSA) is 65.3 Å². The van der Waals surface area contributed by atoms with Gasteiger partial charge < -0.3 is 4.74 Å². The number of halogens is 1. The van der Waals surface area contributed by atoms with Crippen molar-refractivity contribution in [1.82, 2.24) is 4.98 Å². The van der Waals surface area contributed by atoms with Crippen LogP contribution in [0.1, 0.15) is 5.56 Å². The number of aromatic nitrogens is 1. The van der Waals surface area contributed by atoms with Crippen LogP contribution in [0.15, 0.2) is 36.5 Å². The summed E-state index contributed by atoms with van der Waals surface area (Å²) in [6.07, 6.45) is 1.47. The molecule has 18 heavy (non-hydrogen) atoms. The van der Waals surface area contributed by atoms with Crippen LogP contribution in [-0.2, 0) is 0 Å². The van der Waals surface area contributed by atoms with Crippen molar-refractivity contribution in [1.29, 1.82) is 0 Å². The summed E-state index contributed by atoms with van der Waals surface area (Å²) in [5.41, 5.74) is 0.699. The fraction of sp³-hybridized carbons (Fsp3) is 0.0833. The van der Waals surface area contributed by atoms with Crippen molar-refractivity contribution in [3.05, 3.63) is 57.2 Å². The third-order valence-electron chi connectivity index (χ3n) is 2.28. The Hall–Kier alpha value is -2.14. The van der Waals surface area contributed by atoms with Crippen LogP contribution >= 0.6 is 11.6 Å². The van der Waals surface area contributed by atoms with Gasteiger partial charge in [-0.3, -0.25) is 10.1 Å². The molecule has 2 aromatic rings. The quantitative estimate of drug-likeness (QED) is 0.626. The number of nitro benzene ring substituents is 1. The highest BCUT2D eigenvalue weighted by molar-refractivity contribution is 6.30. The average Bonchev–Trinajstić information content (AvgIpc) is 2.34. The molecule has 0 aliphatic carbocycles. The van der Waals surface area contributed by atoms with E-state index in [-0.39, 0.29) is 5.69 Å². The SMILES string of the molecule is Cc1cc([N+](=O)[O-])ccc1Oc1ccc(Cl)cn1. The molecule has 0 saturated carbocycles. The van der Waals surface area contributed by atoms with Crippen LogP contribution in [0.2, 0.25) is 5.02 Å². The fourth-order valence-corrected chi connectivity index (χ4v) is 1.51. The second-order valence-corrected chi connectivity index (χ2v) is 4.06. The van der Waals surface area contributed by atoms with Gasteiger partial charge >= 0.3 is 0 Å². The van der Waals surface area contributed by atoms with E-state index in [4.69, 9.17) is 16.3 Å². The normalized spacial score (nSPS) is 10.1. The predicted molar refractivity (Wildman–Crippen MR) is 67.2 cm³/mol. The van der Waals surface area contributed by atoms with Gasteiger partial charge in [-0.15, -0.1) is 0 Å². The van der Waals surface area contributed by atoms with E-state index >= 15 is 0 Å². The Morgan fingerprint density at radius 1 is 1.33 bits per heavy atom. The van der Waals surface area contributed by atoms with Gasteiger partial charge in [-0.05, 0) is 24.6 Å². The highest BCUT2D eigenvalue weighted by Gasteiger charge is 2.09. The van der Waals surface area contributed by atoms with E-state index in [0.717, 1.165) is 0 Å². The van der Waals surface area contributed by atoms with Crippen molar-refractivity contribution in [2.45, 2.75) is 6.92 Å². The second kappa shape index (κ2) is 5.01. The van der Waals surface area contributed by atoms with Gasteiger partial charge in [0.25, 0.3) is 5.69 Å². The van der Waals surface area contributed by atoms with Gasteiger partial charge in [-0.25, -0.2) is 4.98 Å². The molecule has 0 radical (unpaired) electrons. The van der Waals surface area contributed by atoms with Crippen molar-refractivity contribution in [2.24, 2.45) is 0 Å². The summed E-state index contributed by atoms with van der Waals surface area (Å²) in [5, 5.41) is 11.1. The summed E-state index contributed by atoms with van der Waals surface area (Å²) in [6.45, 7) is 1.73. The predicted octanol–water partition coefficient (Wildman–Crippen LogP) is 3.74. The van der Waals surface area contributed by atoms with Crippen LogP contribution in [-0.4, -0.2) is 9.91 Å². The summed E-state index contributed by atoms with van der Waals surface area (Å²) in [6, 6.07) is 7.67. The van der Waals surface area contributed by atoms with Crippen LogP contribution < -0.4 is 4.74 Å². The molecule has 0 saturated heterocycles. The average molecular weight is 265 g/mol. The van der Waals surface area contributed by atoms with E-state index in [0.29, 0.717) is 22.2 Å². The number of aryl methyl sites for hydroxylation is 1. The Balaban J connectivity index is 2.24. The number of benzene rings is 1. The summed E-state index contributed by atoms with van der Waals surface area (Å²) in [5.74, 6) is 0.909. The molecule has 0 aliphatic heterocycles. The number of nitrogens with zero attached hydrogens (tertiary/aromatic N) is 2. The molecule has 0 amide bonds. The lowest BCUT2D eigenvalue weighted by Crippen LogP contribution is -1.92. The highest BCUT2D eigenvalue weighted by Crippen LogP contribution is 2.27. The molecule has 0 spiro atoms. The fourth-order valence-electron chi connectivity index (χ4n) is 1.40. The number of non-ortho nitro benzene ring substituents is 1. The Bertz CT molecular complexity index is 584. The van der Waals surface area contributed by atoms with Crippen LogP contribution in [0.5, 0.6) is 11.6 Å². The van der Waals surface area contributed by atoms with E-state index in [2.05, 4.69) is 4.98 Å². The Morgan fingerprint density at radius 2 is 2.11 bits per heavy atom. The second-order valence-electron chi connectivity index (χ2n) is 3.62. The number of ether oxygens (including phenoxy) is 1. The first-order valence-corrected chi connectivity index (χ1v) is 5.48. The Labute approximate surface area is 108 Å². The van der Waals surface area contributed by atoms with Crippen molar-refractivity contribution in [2.75, 3.05) is 0 Å². The minimum absolute atomic E-state index is 0.0314. The minimum Gasteiger partial charge on any atom is -0.439 e. The van der Waals surface area contributed by atoms with E-state index < -0.39 is 4.92 Å². The van der Waals surface area contributed by atoms with Crippen molar-refractivity contribution in [3.8, 4) is 11.6 Å². The molecule has 0 atom stereocenters. The first-order valence-electron chi connectivity index (χ1n) is 5.11. The molecule has 6 heteroatoms. The van der Waals surface area contributed by atoms with Gasteiger partial charge in [0.1, 0.15) is 5.75 Å². The minimum atomic E-state index is -0.447. The largest absolute Gasteiger partial charge is 0.439 e. The number of nitro groups is 1. The Kier molecular flexibility index (Phi) is 3.43. The van der Waals surface area contributed by atoms with Gasteiger partial charge in [0.15, 0.2) is 0 Å². The summed E-state index contributed by atoms with van der Waals surface area (Å²) < 4.78 is 5.51. The lowest BCUT2D eigenvalue weighted by atomic mass is 10.2. The number of pyridine rings is 1. The molecule has 1 aromatic carbocycles. The molecule has 0 bridgehead atoms. The lowest BCUT2D eigenvalue weighted by Gasteiger charge is -2.07. The summed E-state index contributed by atoms with van der Waals surface area (Å²) >= 11 is 5.71. The molecular formula is C12H9ClN2O3. The summed E-state index contributed by atoms with van der Waals surface area (Å²) in [4.78, 5) is 14.1. The molecular weight excluding hydrogens is 256 g/mol. The van der Waals surface area contributed by atoms with Crippen molar-refractivity contribution < 1.29 is 9.66 Å². The molecule has 1 aromatic heterocycles. The lowest BCUT2D eigenvalue weighted by molar-refractivity contribution is -0.384. The van der Waals surface area contributed by atoms with Gasteiger partial charge in [0, 0.05) is 24.4 Å². The molecule has 0 unspecified atom stereocenters. The van der Waals surface area contributed by atoms with E-state index in [9.17, 15) is 10.1 Å². The van der Waals surface area contributed by atoms with Gasteiger partial charge in [0.05, 0.1) is 9.95 Å². The zero-order valence-corrected chi connectivity index (χ0v) is 10.2. The van der Waals surface area contributed by atoms with Crippen LogP contribution in [0.25, 0.3) is 0 Å². The van der Waals surface area contributed by atoms with Gasteiger partial charge in [-0.1, -0.05) is 11.6 Å². The standard InChI is InChI=1S/C12H9ClN2O3/c1-8-6-10(15(16)17)3-4-11(8)18-12-5-2-9(13)7-14-12/h2-7H,1H3. The molecule has 0 N–H and O–H groups in total.